The van der Waals surface area contributed by atoms with E-state index < -0.39 is 11.9 Å². The summed E-state index contributed by atoms with van der Waals surface area (Å²) in [5.41, 5.74) is 11.2. The number of nitrogens with two attached hydrogens (primary N) is 1. The number of benzene rings is 5. The molecule has 0 spiro atoms. The third-order valence-corrected chi connectivity index (χ3v) is 8.19. The third kappa shape index (κ3) is 8.13. The Kier molecular flexibility index (Phi) is 11.1. The molecular formula is C39H40N2O5. The normalized spacial score (nSPS) is 11.8. The number of carbonyl (C=O) groups is 1. The average molecular weight is 617 g/mol. The molecule has 0 aromatic heterocycles. The van der Waals surface area contributed by atoms with E-state index in [0.29, 0.717) is 25.4 Å². The maximum atomic E-state index is 12.7. The van der Waals surface area contributed by atoms with Crippen LogP contribution in [-0.2, 0) is 13.2 Å². The fourth-order valence-electron chi connectivity index (χ4n) is 5.67. The molecule has 0 saturated heterocycles. The van der Waals surface area contributed by atoms with Crippen LogP contribution in [0.4, 0.5) is 0 Å². The molecule has 5 aromatic carbocycles. The topological polar surface area (TPSA) is 94.3 Å². The SMILES string of the molecule is COc1ccc(C(CN(Cc2ccccc2)[C@H](CO)c2ccc(OCc3ccccc3)c(C(N)=O)c2)c2ccc(OC)cc2)cc1. The zero-order valence-corrected chi connectivity index (χ0v) is 26.2. The highest BCUT2D eigenvalue weighted by Gasteiger charge is 2.27. The molecule has 0 aliphatic carbocycles. The molecule has 0 heterocycles. The van der Waals surface area contributed by atoms with Gasteiger partial charge in [0.1, 0.15) is 23.9 Å². The van der Waals surface area contributed by atoms with Gasteiger partial charge in [-0.25, -0.2) is 0 Å². The van der Waals surface area contributed by atoms with Crippen molar-refractivity contribution in [1.82, 2.24) is 4.90 Å². The largest absolute Gasteiger partial charge is 0.497 e. The first-order chi connectivity index (χ1) is 22.5. The lowest BCUT2D eigenvalue weighted by atomic mass is 9.89. The summed E-state index contributed by atoms with van der Waals surface area (Å²) in [6.07, 6.45) is 0. The van der Waals surface area contributed by atoms with Crippen molar-refractivity contribution in [3.8, 4) is 17.2 Å². The van der Waals surface area contributed by atoms with Crippen molar-refractivity contribution in [1.29, 1.82) is 0 Å². The minimum atomic E-state index is -0.592. The van der Waals surface area contributed by atoms with Crippen molar-refractivity contribution < 1.29 is 24.1 Å². The predicted octanol–water partition coefficient (Wildman–Crippen LogP) is 6.75. The molecule has 0 saturated carbocycles. The number of hydrogen-bond acceptors (Lipinski definition) is 6. The highest BCUT2D eigenvalue weighted by molar-refractivity contribution is 5.95. The van der Waals surface area contributed by atoms with Crippen molar-refractivity contribution in [2.24, 2.45) is 5.73 Å². The smallest absolute Gasteiger partial charge is 0.252 e. The van der Waals surface area contributed by atoms with Gasteiger partial charge in [-0.1, -0.05) is 91.0 Å². The van der Waals surface area contributed by atoms with Gasteiger partial charge in [0, 0.05) is 19.0 Å². The molecule has 46 heavy (non-hydrogen) atoms. The molecule has 3 N–H and O–H groups in total. The molecule has 0 bridgehead atoms. The number of ether oxygens (including phenoxy) is 3. The van der Waals surface area contributed by atoms with Gasteiger partial charge in [-0.2, -0.15) is 0 Å². The summed E-state index contributed by atoms with van der Waals surface area (Å²) in [4.78, 5) is 14.9. The second kappa shape index (κ2) is 15.8. The summed E-state index contributed by atoms with van der Waals surface area (Å²) in [5, 5.41) is 10.9. The lowest BCUT2D eigenvalue weighted by Crippen LogP contribution is -2.35. The summed E-state index contributed by atoms with van der Waals surface area (Å²) >= 11 is 0. The van der Waals surface area contributed by atoms with E-state index in [4.69, 9.17) is 19.9 Å². The van der Waals surface area contributed by atoms with E-state index in [1.807, 2.05) is 78.9 Å². The minimum absolute atomic E-state index is 0.0568. The Morgan fingerprint density at radius 1 is 0.717 bits per heavy atom. The number of amides is 1. The van der Waals surface area contributed by atoms with Crippen LogP contribution in [0.15, 0.2) is 127 Å². The summed E-state index contributed by atoms with van der Waals surface area (Å²) < 4.78 is 16.9. The van der Waals surface area contributed by atoms with Gasteiger partial charge in [0.15, 0.2) is 0 Å². The average Bonchev–Trinajstić information content (AvgIpc) is 3.11. The van der Waals surface area contributed by atoms with Gasteiger partial charge < -0.3 is 25.1 Å². The molecule has 7 heteroatoms. The van der Waals surface area contributed by atoms with E-state index in [2.05, 4.69) is 41.3 Å². The molecule has 1 amide bonds. The van der Waals surface area contributed by atoms with E-state index >= 15 is 0 Å². The molecular weight excluding hydrogens is 576 g/mol. The number of methoxy groups -OCH3 is 2. The van der Waals surface area contributed by atoms with Gasteiger partial charge in [0.2, 0.25) is 0 Å². The first-order valence-electron chi connectivity index (χ1n) is 15.3. The monoisotopic (exact) mass is 616 g/mol. The quantitative estimate of drug-likeness (QED) is 0.135. The third-order valence-electron chi connectivity index (χ3n) is 8.19. The molecule has 0 unspecified atom stereocenters. The highest BCUT2D eigenvalue weighted by Crippen LogP contribution is 2.34. The number of hydrogen-bond donors (Lipinski definition) is 2. The number of aliphatic hydroxyl groups is 1. The van der Waals surface area contributed by atoms with Gasteiger partial charge >= 0.3 is 0 Å². The number of primary amides is 1. The molecule has 236 valence electrons. The zero-order valence-electron chi connectivity index (χ0n) is 26.2. The summed E-state index contributed by atoms with van der Waals surface area (Å²) in [5.74, 6) is 1.31. The van der Waals surface area contributed by atoms with Crippen molar-refractivity contribution >= 4 is 5.91 Å². The van der Waals surface area contributed by atoms with Crippen LogP contribution >= 0.6 is 0 Å². The second-order valence-electron chi connectivity index (χ2n) is 11.1. The molecule has 0 aliphatic rings. The Morgan fingerprint density at radius 3 is 1.74 bits per heavy atom. The van der Waals surface area contributed by atoms with Crippen molar-refractivity contribution in [3.05, 3.63) is 161 Å². The van der Waals surface area contributed by atoms with E-state index in [9.17, 15) is 9.90 Å². The van der Waals surface area contributed by atoms with Crippen LogP contribution in [0.1, 0.15) is 50.1 Å². The fourth-order valence-corrected chi connectivity index (χ4v) is 5.67. The van der Waals surface area contributed by atoms with Crippen LogP contribution in [-0.4, -0.2) is 43.3 Å². The fraction of sp³-hybridized carbons (Fsp3) is 0.205. The van der Waals surface area contributed by atoms with Crippen LogP contribution in [0, 0.1) is 0 Å². The van der Waals surface area contributed by atoms with Crippen LogP contribution in [0.5, 0.6) is 17.2 Å². The molecule has 5 aromatic rings. The zero-order chi connectivity index (χ0) is 32.3. The van der Waals surface area contributed by atoms with Gasteiger partial charge in [0.25, 0.3) is 5.91 Å². The van der Waals surface area contributed by atoms with Crippen LogP contribution in [0.3, 0.4) is 0 Å². The molecule has 0 aliphatic heterocycles. The maximum Gasteiger partial charge on any atom is 0.252 e. The number of rotatable bonds is 15. The van der Waals surface area contributed by atoms with Crippen molar-refractivity contribution in [2.75, 3.05) is 27.4 Å². The Morgan fingerprint density at radius 2 is 1.24 bits per heavy atom. The maximum absolute atomic E-state index is 12.7. The van der Waals surface area contributed by atoms with Crippen LogP contribution in [0.25, 0.3) is 0 Å². The van der Waals surface area contributed by atoms with Gasteiger partial charge in [-0.15, -0.1) is 0 Å². The highest BCUT2D eigenvalue weighted by atomic mass is 16.5. The van der Waals surface area contributed by atoms with Gasteiger partial charge in [0.05, 0.1) is 32.4 Å². The lowest BCUT2D eigenvalue weighted by Gasteiger charge is -2.35. The first kappa shape index (κ1) is 32.3. The summed E-state index contributed by atoms with van der Waals surface area (Å²) in [7, 11) is 3.31. The van der Waals surface area contributed by atoms with E-state index in [1.165, 1.54) is 0 Å². The van der Waals surface area contributed by atoms with E-state index in [-0.39, 0.29) is 18.1 Å². The second-order valence-corrected chi connectivity index (χ2v) is 11.1. The standard InChI is InChI=1S/C39H40N2O5/c1-44-33-18-13-30(14-19-33)36(31-15-20-34(45-2)21-16-31)25-41(24-28-9-5-3-6-10-28)37(26-42)32-17-22-38(35(23-32)39(40)43)46-27-29-11-7-4-8-12-29/h3-23,36-37,42H,24-27H2,1-2H3,(H2,40,43)/t37-/m1/s1. The number of aliphatic hydroxyl groups excluding tert-OH is 1. The molecule has 5 rings (SSSR count). The van der Waals surface area contributed by atoms with E-state index in [1.54, 1.807) is 26.4 Å². The Labute approximate surface area is 270 Å². The molecule has 1 atom stereocenters. The molecule has 0 fully saturated rings. The van der Waals surface area contributed by atoms with E-state index in [0.717, 1.165) is 39.3 Å². The summed E-state index contributed by atoms with van der Waals surface area (Å²) in [6.45, 7) is 1.26. The first-order valence-corrected chi connectivity index (χ1v) is 15.3. The summed E-state index contributed by atoms with van der Waals surface area (Å²) in [6, 6.07) is 41.0. The van der Waals surface area contributed by atoms with Crippen molar-refractivity contribution in [2.45, 2.75) is 25.1 Å². The Bertz CT molecular complexity index is 1630. The lowest BCUT2D eigenvalue weighted by molar-refractivity contribution is 0.0992. The van der Waals surface area contributed by atoms with Gasteiger partial charge in [-0.3, -0.25) is 9.69 Å². The molecule has 7 nitrogen and oxygen atoms in total. The molecule has 0 radical (unpaired) electrons. The number of nitrogens with zero attached hydrogens (tertiary/aromatic N) is 1. The predicted molar refractivity (Wildman–Crippen MR) is 180 cm³/mol. The van der Waals surface area contributed by atoms with Gasteiger partial charge in [-0.05, 0) is 64.2 Å². The number of carbonyl (C=O) groups excluding carboxylic acids is 1. The Hall–Kier alpha value is -5.11. The van der Waals surface area contributed by atoms with Crippen LogP contribution in [0.2, 0.25) is 0 Å². The van der Waals surface area contributed by atoms with Crippen molar-refractivity contribution in [3.63, 3.8) is 0 Å². The Balaban J connectivity index is 1.52. The van der Waals surface area contributed by atoms with Crippen LogP contribution < -0.4 is 19.9 Å². The minimum Gasteiger partial charge on any atom is -0.497 e.